The van der Waals surface area contributed by atoms with E-state index in [1.807, 2.05) is 24.3 Å². The number of nitrogens with zero attached hydrogens (tertiary/aromatic N) is 2. The van der Waals surface area contributed by atoms with Crippen molar-refractivity contribution in [1.82, 2.24) is 10.2 Å². The van der Waals surface area contributed by atoms with Gasteiger partial charge in [0.2, 0.25) is 0 Å². The predicted molar refractivity (Wildman–Crippen MR) is 148 cm³/mol. The summed E-state index contributed by atoms with van der Waals surface area (Å²) in [5.74, 6) is 0.983. The number of ether oxygens (including phenoxy) is 1. The van der Waals surface area contributed by atoms with Gasteiger partial charge in [0.25, 0.3) is 0 Å². The van der Waals surface area contributed by atoms with E-state index < -0.39 is 0 Å². The van der Waals surface area contributed by atoms with Crippen molar-refractivity contribution < 1.29 is 9.53 Å². The van der Waals surface area contributed by atoms with Crippen molar-refractivity contribution >= 4 is 40.0 Å². The molecule has 2 N–H and O–H groups in total. The number of nitrogens with one attached hydrogen (secondary N) is 2. The zero-order valence-electron chi connectivity index (χ0n) is 20.3. The molecular formula is C27H37IN4O2. The second kappa shape index (κ2) is 12.1. The minimum absolute atomic E-state index is 0.0864. The Balaban J connectivity index is 1.22. The lowest BCUT2D eigenvalue weighted by Gasteiger charge is -2.43. The van der Waals surface area contributed by atoms with E-state index in [9.17, 15) is 4.79 Å². The largest absolute Gasteiger partial charge is 0.489 e. The summed E-state index contributed by atoms with van der Waals surface area (Å²) in [6.45, 7) is 8.35. The summed E-state index contributed by atoms with van der Waals surface area (Å²) < 4.78 is 6.92. The van der Waals surface area contributed by atoms with Gasteiger partial charge in [-0.25, -0.2) is 4.79 Å². The van der Waals surface area contributed by atoms with E-state index in [1.165, 1.54) is 5.69 Å². The number of benzene rings is 2. The first-order valence-electron chi connectivity index (χ1n) is 12.5. The van der Waals surface area contributed by atoms with E-state index in [1.54, 1.807) is 0 Å². The summed E-state index contributed by atoms with van der Waals surface area (Å²) in [6.07, 6.45) is 4.54. The molecule has 2 aromatic carbocycles. The van der Waals surface area contributed by atoms with Crippen LogP contribution in [0.25, 0.3) is 0 Å². The number of urea groups is 1. The summed E-state index contributed by atoms with van der Waals surface area (Å²) in [7, 11) is 0. The second-order valence-electron chi connectivity index (χ2n) is 9.55. The third-order valence-corrected chi connectivity index (χ3v) is 7.66. The van der Waals surface area contributed by atoms with Crippen LogP contribution in [0, 0.1) is 0 Å². The number of alkyl halides is 1. The number of rotatable bonds is 7. The van der Waals surface area contributed by atoms with Gasteiger partial charge in [-0.3, -0.25) is 4.90 Å². The Kier molecular flexibility index (Phi) is 8.94. The van der Waals surface area contributed by atoms with Gasteiger partial charge in [-0.2, -0.15) is 0 Å². The minimum atomic E-state index is -0.0864. The van der Waals surface area contributed by atoms with Crippen LogP contribution < -0.4 is 20.3 Å². The summed E-state index contributed by atoms with van der Waals surface area (Å²) in [5, 5.41) is 6.24. The van der Waals surface area contributed by atoms with Crippen LogP contribution in [0.2, 0.25) is 0 Å². The average Bonchev–Trinajstić information content (AvgIpc) is 2.85. The molecule has 1 saturated heterocycles. The fourth-order valence-electron chi connectivity index (χ4n) is 5.09. The normalized spacial score (nSPS) is 21.4. The Morgan fingerprint density at radius 2 is 1.68 bits per heavy atom. The van der Waals surface area contributed by atoms with Gasteiger partial charge >= 0.3 is 6.03 Å². The molecule has 7 heteroatoms. The zero-order valence-corrected chi connectivity index (χ0v) is 22.5. The standard InChI is InChI=1S/C27H37IN4O2/c1-20(2)34-26-10-6-5-9-25(26)32-17-15-31(16-18-32)23-13-11-22(12-14-23)29-27(33)30-24-8-4-3-7-21(24)19-28/h3-10,20,22-23H,11-19H2,1-2H3,(H2,29,30,33). The van der Waals surface area contributed by atoms with Gasteiger partial charge in [0.15, 0.2) is 0 Å². The molecule has 1 saturated carbocycles. The summed E-state index contributed by atoms with van der Waals surface area (Å²) in [5.41, 5.74) is 3.26. The maximum atomic E-state index is 12.5. The first-order chi connectivity index (χ1) is 16.5. The molecule has 4 rings (SSSR count). The Morgan fingerprint density at radius 3 is 2.38 bits per heavy atom. The molecule has 2 aromatic rings. The van der Waals surface area contributed by atoms with Crippen molar-refractivity contribution in [3.63, 3.8) is 0 Å². The molecule has 0 bridgehead atoms. The number of piperazine rings is 1. The minimum Gasteiger partial charge on any atom is -0.489 e. The molecule has 0 aromatic heterocycles. The smallest absolute Gasteiger partial charge is 0.319 e. The molecule has 184 valence electrons. The Bertz CT molecular complexity index is 938. The van der Waals surface area contributed by atoms with Gasteiger partial charge in [0.1, 0.15) is 5.75 Å². The van der Waals surface area contributed by atoms with Crippen LogP contribution in [-0.4, -0.2) is 55.3 Å². The quantitative estimate of drug-likeness (QED) is 0.330. The van der Waals surface area contributed by atoms with E-state index >= 15 is 0 Å². The van der Waals surface area contributed by atoms with Crippen LogP contribution in [0.3, 0.4) is 0 Å². The van der Waals surface area contributed by atoms with E-state index in [0.29, 0.717) is 6.04 Å². The van der Waals surface area contributed by atoms with Crippen molar-refractivity contribution in [2.24, 2.45) is 0 Å². The van der Waals surface area contributed by atoms with Gasteiger partial charge in [0.05, 0.1) is 11.8 Å². The first-order valence-corrected chi connectivity index (χ1v) is 14.0. The molecule has 2 amide bonds. The van der Waals surface area contributed by atoms with E-state index in [-0.39, 0.29) is 18.2 Å². The topological polar surface area (TPSA) is 56.8 Å². The van der Waals surface area contributed by atoms with Crippen molar-refractivity contribution in [3.05, 3.63) is 54.1 Å². The Hall–Kier alpha value is -2.00. The third-order valence-electron chi connectivity index (χ3n) is 6.84. The van der Waals surface area contributed by atoms with Gasteiger partial charge in [-0.15, -0.1) is 0 Å². The summed E-state index contributed by atoms with van der Waals surface area (Å²) >= 11 is 2.33. The third kappa shape index (κ3) is 6.56. The van der Waals surface area contributed by atoms with Crippen molar-refractivity contribution in [1.29, 1.82) is 0 Å². The Morgan fingerprint density at radius 1 is 1.00 bits per heavy atom. The van der Waals surface area contributed by atoms with Crippen LogP contribution in [0.5, 0.6) is 5.75 Å². The van der Waals surface area contributed by atoms with Crippen LogP contribution in [0.4, 0.5) is 16.2 Å². The summed E-state index contributed by atoms with van der Waals surface area (Å²) in [6, 6.07) is 17.2. The molecule has 2 aliphatic rings. The van der Waals surface area contributed by atoms with E-state index in [2.05, 4.69) is 81.1 Å². The molecule has 2 fully saturated rings. The highest BCUT2D eigenvalue weighted by Crippen LogP contribution is 2.31. The lowest BCUT2D eigenvalue weighted by Crippen LogP contribution is -2.52. The highest BCUT2D eigenvalue weighted by atomic mass is 127. The number of hydrogen-bond acceptors (Lipinski definition) is 4. The number of amides is 2. The first kappa shape index (κ1) is 25.1. The molecule has 1 aliphatic carbocycles. The van der Waals surface area contributed by atoms with Crippen molar-refractivity contribution in [2.45, 2.75) is 62.1 Å². The van der Waals surface area contributed by atoms with Gasteiger partial charge in [-0.1, -0.05) is 52.9 Å². The molecule has 0 atom stereocenters. The maximum Gasteiger partial charge on any atom is 0.319 e. The molecule has 0 spiro atoms. The fraction of sp³-hybridized carbons (Fsp3) is 0.519. The van der Waals surface area contributed by atoms with E-state index in [0.717, 1.165) is 73.3 Å². The van der Waals surface area contributed by atoms with E-state index in [4.69, 9.17) is 4.74 Å². The highest BCUT2D eigenvalue weighted by Gasteiger charge is 2.29. The Labute approximate surface area is 217 Å². The highest BCUT2D eigenvalue weighted by molar-refractivity contribution is 14.1. The maximum absolute atomic E-state index is 12.5. The van der Waals surface area contributed by atoms with Crippen LogP contribution >= 0.6 is 22.6 Å². The number of carbonyl (C=O) groups is 1. The van der Waals surface area contributed by atoms with Gasteiger partial charge in [-0.05, 0) is 63.3 Å². The van der Waals surface area contributed by atoms with Crippen LogP contribution in [0.1, 0.15) is 45.1 Å². The zero-order chi connectivity index (χ0) is 23.9. The number of halogens is 1. The lowest BCUT2D eigenvalue weighted by molar-refractivity contribution is 0.137. The number of carbonyl (C=O) groups excluding carboxylic acids is 1. The SMILES string of the molecule is CC(C)Oc1ccccc1N1CCN(C2CCC(NC(=O)Nc3ccccc3CI)CC2)CC1. The lowest BCUT2D eigenvalue weighted by atomic mass is 9.90. The molecule has 1 heterocycles. The van der Waals surface area contributed by atoms with Gasteiger partial charge < -0.3 is 20.3 Å². The molecule has 1 aliphatic heterocycles. The molecular weight excluding hydrogens is 539 g/mol. The molecule has 0 unspecified atom stereocenters. The van der Waals surface area contributed by atoms with Crippen molar-refractivity contribution in [2.75, 3.05) is 36.4 Å². The van der Waals surface area contributed by atoms with Gasteiger partial charge in [0, 0.05) is 48.4 Å². The monoisotopic (exact) mass is 576 g/mol. The van der Waals surface area contributed by atoms with Crippen LogP contribution in [0.15, 0.2) is 48.5 Å². The summed E-state index contributed by atoms with van der Waals surface area (Å²) in [4.78, 5) is 17.7. The second-order valence-corrected chi connectivity index (χ2v) is 10.3. The molecule has 0 radical (unpaired) electrons. The molecule has 6 nitrogen and oxygen atoms in total. The molecule has 34 heavy (non-hydrogen) atoms. The van der Waals surface area contributed by atoms with Crippen LogP contribution in [-0.2, 0) is 4.43 Å². The average molecular weight is 577 g/mol. The predicted octanol–water partition coefficient (Wildman–Crippen LogP) is 5.66. The number of hydrogen-bond donors (Lipinski definition) is 2. The number of para-hydroxylation sites is 3. The fourth-order valence-corrected chi connectivity index (χ4v) is 5.75. The number of anilines is 2. The van der Waals surface area contributed by atoms with Crippen molar-refractivity contribution in [3.8, 4) is 5.75 Å².